The number of allylic oxidation sites excluding steroid dienone is 2. The SMILES string of the molecule is COC(=O)[C@@]1(C)CC[C@]2(C)CC[C@]3(C)C(=CC(=O)[C@@H]4[C@@]5(C)CC[C@H](OC(=O)CCC(=O)CCCCOc6no[n+]([O-])c6S(=O)(=O)c6ccccc6)C(C)(C)[C@@H]5CC[C@]43C)[C@@H]2C1. The number of methoxy groups -OCH3 is 1. The van der Waals surface area contributed by atoms with Crippen LogP contribution >= 0.6 is 0 Å². The van der Waals surface area contributed by atoms with Gasteiger partial charge in [0.25, 0.3) is 9.84 Å². The third-order valence-electron chi connectivity index (χ3n) is 17.0. The van der Waals surface area contributed by atoms with E-state index in [1.165, 1.54) is 36.9 Å². The molecule has 0 saturated heterocycles. The van der Waals surface area contributed by atoms with E-state index in [2.05, 4.69) is 51.3 Å². The van der Waals surface area contributed by atoms with E-state index in [0.717, 1.165) is 44.9 Å². The second-order valence-corrected chi connectivity index (χ2v) is 22.6. The molecule has 9 atom stereocenters. The van der Waals surface area contributed by atoms with E-state index >= 15 is 0 Å². The lowest BCUT2D eigenvalue weighted by molar-refractivity contribution is -0.832. The van der Waals surface area contributed by atoms with Crippen LogP contribution in [0.2, 0.25) is 0 Å². The van der Waals surface area contributed by atoms with Gasteiger partial charge in [0.2, 0.25) is 0 Å². The molecule has 0 N–H and O–H groups in total. The third-order valence-corrected chi connectivity index (χ3v) is 18.7. The number of aromatic nitrogens is 2. The van der Waals surface area contributed by atoms with E-state index in [4.69, 9.17) is 14.2 Å². The maximum atomic E-state index is 14.8. The van der Waals surface area contributed by atoms with Crippen LogP contribution in [-0.4, -0.2) is 56.9 Å². The summed E-state index contributed by atoms with van der Waals surface area (Å²) in [5.41, 5.74) is -0.409. The van der Waals surface area contributed by atoms with Gasteiger partial charge in [-0.3, -0.25) is 23.8 Å². The van der Waals surface area contributed by atoms with Gasteiger partial charge in [-0.15, -0.1) is 0 Å². The van der Waals surface area contributed by atoms with E-state index < -0.39 is 37.5 Å². The standard InChI is InChI=1S/C47H64N2O11S/c1-42(2)35-19-22-47(7)38(34(51)28-32-33-29-44(4,41(53)57-8)24-23-43(33,3)25-26-46(32,47)6)45(35,5)21-20-36(42)59-37(52)18-17-30(50)14-12-13-27-58-39-40(49(54)60-48-39)61(55,56)31-15-10-9-11-16-31/h9-11,15-16,28,33,35-36,38H,12-14,17-27,29H2,1-8H3/t33-,35-,36-,38+,43+,44-,45-,46+,47+/m0/s1. The molecule has 5 aliphatic carbocycles. The second kappa shape index (κ2) is 15.9. The molecule has 2 aromatic rings. The number of unbranched alkanes of at least 4 members (excludes halogenated alkanes) is 1. The lowest BCUT2D eigenvalue weighted by atomic mass is 9.33. The molecule has 5 aliphatic rings. The Morgan fingerprint density at radius 1 is 0.902 bits per heavy atom. The minimum atomic E-state index is -4.24. The van der Waals surface area contributed by atoms with Crippen molar-refractivity contribution < 1.29 is 51.3 Å². The molecule has 1 aromatic carbocycles. The highest BCUT2D eigenvalue weighted by Crippen LogP contribution is 2.75. The van der Waals surface area contributed by atoms with Gasteiger partial charge in [0.1, 0.15) is 11.9 Å². The minimum absolute atomic E-state index is 0.00516. The summed E-state index contributed by atoms with van der Waals surface area (Å²) < 4.78 is 47.4. The summed E-state index contributed by atoms with van der Waals surface area (Å²) in [6.07, 6.45) is 10.4. The van der Waals surface area contributed by atoms with Crippen molar-refractivity contribution in [1.29, 1.82) is 0 Å². The van der Waals surface area contributed by atoms with E-state index in [0.29, 0.717) is 25.7 Å². The third kappa shape index (κ3) is 7.43. The van der Waals surface area contributed by atoms with Gasteiger partial charge in [0.05, 0.1) is 35.6 Å². The van der Waals surface area contributed by atoms with E-state index in [1.54, 1.807) is 6.07 Å². The number of carbonyl (C=O) groups excluding carboxylic acids is 4. The molecular weight excluding hydrogens is 801 g/mol. The van der Waals surface area contributed by atoms with Crippen LogP contribution in [0.5, 0.6) is 5.88 Å². The molecule has 13 nitrogen and oxygen atoms in total. The Balaban J connectivity index is 0.936. The van der Waals surface area contributed by atoms with E-state index in [-0.39, 0.29) is 98.7 Å². The molecule has 0 unspecified atom stereocenters. The zero-order valence-corrected chi connectivity index (χ0v) is 38.0. The van der Waals surface area contributed by atoms with Crippen molar-refractivity contribution >= 4 is 33.3 Å². The van der Waals surface area contributed by atoms with Crippen LogP contribution in [0.25, 0.3) is 0 Å². The fourth-order valence-corrected chi connectivity index (χ4v) is 14.5. The molecule has 4 saturated carbocycles. The number of carbonyl (C=O) groups is 4. The molecule has 61 heavy (non-hydrogen) atoms. The molecule has 1 heterocycles. The normalized spacial score (nSPS) is 35.3. The topological polar surface area (TPSA) is 183 Å². The molecule has 14 heteroatoms. The first-order chi connectivity index (χ1) is 28.6. The van der Waals surface area contributed by atoms with Gasteiger partial charge in [-0.25, -0.2) is 8.42 Å². The van der Waals surface area contributed by atoms with Gasteiger partial charge in [-0.05, 0) is 134 Å². The van der Waals surface area contributed by atoms with Gasteiger partial charge >= 0.3 is 22.8 Å². The molecule has 7 rings (SSSR count). The first-order valence-electron chi connectivity index (χ1n) is 22.2. The Labute approximate surface area is 360 Å². The van der Waals surface area contributed by atoms with Crippen LogP contribution in [0.15, 0.2) is 56.5 Å². The summed E-state index contributed by atoms with van der Waals surface area (Å²) in [6, 6.07) is 7.41. The Morgan fingerprint density at radius 2 is 1.61 bits per heavy atom. The fourth-order valence-electron chi connectivity index (χ4n) is 13.2. The average molecular weight is 865 g/mol. The van der Waals surface area contributed by atoms with Crippen molar-refractivity contribution in [3.8, 4) is 5.88 Å². The van der Waals surface area contributed by atoms with Crippen molar-refractivity contribution in [3.05, 3.63) is 47.2 Å². The smallest absolute Gasteiger partial charge is 0.414 e. The van der Waals surface area contributed by atoms with Crippen LogP contribution in [0, 0.1) is 55.5 Å². The number of rotatable bonds is 13. The monoisotopic (exact) mass is 864 g/mol. The van der Waals surface area contributed by atoms with Gasteiger partial charge in [0.15, 0.2) is 5.78 Å². The predicted octanol–water partition coefficient (Wildman–Crippen LogP) is 8.10. The number of hydrogen-bond acceptors (Lipinski definition) is 12. The molecular formula is C47H64N2O11S. The lowest BCUT2D eigenvalue weighted by Crippen LogP contribution is -2.66. The number of ketones is 2. The quantitative estimate of drug-likeness (QED) is 0.107. The van der Waals surface area contributed by atoms with Crippen molar-refractivity contribution in [2.75, 3.05) is 13.7 Å². The maximum Gasteiger partial charge on any atom is 0.414 e. The van der Waals surface area contributed by atoms with Gasteiger partial charge in [-0.1, -0.05) is 65.3 Å². The zero-order valence-electron chi connectivity index (χ0n) is 37.2. The van der Waals surface area contributed by atoms with Crippen molar-refractivity contribution in [2.24, 2.45) is 50.2 Å². The highest BCUT2D eigenvalue weighted by Gasteiger charge is 2.70. The van der Waals surface area contributed by atoms with Crippen molar-refractivity contribution in [1.82, 2.24) is 5.16 Å². The lowest BCUT2D eigenvalue weighted by Gasteiger charge is -2.70. The Kier molecular flexibility index (Phi) is 11.7. The van der Waals surface area contributed by atoms with Crippen molar-refractivity contribution in [2.45, 2.75) is 154 Å². The number of fused-ring (bicyclic) bond motifs is 7. The number of esters is 2. The molecule has 0 bridgehead atoms. The molecule has 4 fully saturated rings. The number of Topliss-reactive ketones (excluding diaryl/α,β-unsaturated/α-hetero) is 1. The average Bonchev–Trinajstić information content (AvgIpc) is 3.59. The highest BCUT2D eigenvalue weighted by molar-refractivity contribution is 7.91. The van der Waals surface area contributed by atoms with Crippen LogP contribution < -0.4 is 9.64 Å². The summed E-state index contributed by atoms with van der Waals surface area (Å²) in [4.78, 5) is 53.6. The minimum Gasteiger partial charge on any atom is -0.469 e. The number of benzene rings is 1. The van der Waals surface area contributed by atoms with Gasteiger partial charge in [-0.2, -0.15) is 0 Å². The zero-order chi connectivity index (χ0) is 44.4. The maximum absolute atomic E-state index is 14.8. The summed E-state index contributed by atoms with van der Waals surface area (Å²) in [5, 5.41) is 14.9. The first-order valence-corrected chi connectivity index (χ1v) is 23.6. The largest absolute Gasteiger partial charge is 0.469 e. The summed E-state index contributed by atoms with van der Waals surface area (Å²) in [5.74, 6) is -0.793. The summed E-state index contributed by atoms with van der Waals surface area (Å²) in [7, 11) is -2.77. The van der Waals surface area contributed by atoms with Crippen LogP contribution in [0.3, 0.4) is 0 Å². The first kappa shape index (κ1) is 45.0. The van der Waals surface area contributed by atoms with Crippen LogP contribution in [0.4, 0.5) is 0 Å². The number of nitrogens with zero attached hydrogens (tertiary/aromatic N) is 2. The Morgan fingerprint density at radius 3 is 2.31 bits per heavy atom. The van der Waals surface area contributed by atoms with Gasteiger partial charge < -0.3 is 19.4 Å². The van der Waals surface area contributed by atoms with Gasteiger partial charge in [0, 0.05) is 24.2 Å². The molecule has 0 aliphatic heterocycles. The highest BCUT2D eigenvalue weighted by atomic mass is 32.2. The molecule has 0 radical (unpaired) electrons. The number of ether oxygens (including phenoxy) is 3. The Hall–Kier alpha value is -4.07. The summed E-state index contributed by atoms with van der Waals surface area (Å²) >= 11 is 0. The molecule has 0 spiro atoms. The summed E-state index contributed by atoms with van der Waals surface area (Å²) in [6.45, 7) is 15.8. The fraction of sp³-hybridized carbons (Fsp3) is 0.702. The van der Waals surface area contributed by atoms with Crippen LogP contribution in [-0.2, 0) is 38.5 Å². The second-order valence-electron chi connectivity index (χ2n) is 20.8. The molecule has 334 valence electrons. The molecule has 1 aromatic heterocycles. The van der Waals surface area contributed by atoms with Crippen molar-refractivity contribution in [3.63, 3.8) is 0 Å². The number of hydrogen-bond donors (Lipinski definition) is 0. The Bertz CT molecular complexity index is 2200. The number of sulfone groups is 1. The predicted molar refractivity (Wildman–Crippen MR) is 222 cm³/mol. The van der Waals surface area contributed by atoms with E-state index in [9.17, 15) is 32.8 Å². The van der Waals surface area contributed by atoms with Crippen LogP contribution in [0.1, 0.15) is 138 Å². The van der Waals surface area contributed by atoms with E-state index in [1.807, 2.05) is 13.0 Å². The molecule has 0 amide bonds.